The summed E-state index contributed by atoms with van der Waals surface area (Å²) in [5, 5.41) is 2.54. The Morgan fingerprint density at radius 1 is 0.478 bits per heavy atom. The SMILES string of the molecule is c1ccc(-c2cc3c4c(c2)-c2ccccc2SB4c2cc(-c4cccc(-n5c6ccccc6c6ccccc65)c4)ccc2O3)cc1. The quantitative estimate of drug-likeness (QED) is 0.187. The molecule has 0 fully saturated rings. The van der Waals surface area contributed by atoms with Crippen LogP contribution in [-0.2, 0) is 0 Å². The fourth-order valence-electron chi connectivity index (χ4n) is 7.37. The number of benzene rings is 7. The lowest BCUT2D eigenvalue weighted by Gasteiger charge is -2.33. The second-order valence-corrected chi connectivity index (χ2v) is 13.2. The van der Waals surface area contributed by atoms with Crippen molar-refractivity contribution in [1.29, 1.82) is 0 Å². The zero-order valence-electron chi connectivity index (χ0n) is 24.9. The number of rotatable bonds is 3. The molecular weight excluding hydrogens is 577 g/mol. The average Bonchev–Trinajstić information content (AvgIpc) is 3.46. The summed E-state index contributed by atoms with van der Waals surface area (Å²) in [4.78, 5) is 1.31. The van der Waals surface area contributed by atoms with E-state index < -0.39 is 0 Å². The highest BCUT2D eigenvalue weighted by atomic mass is 32.2. The van der Waals surface area contributed by atoms with Crippen LogP contribution in [0.5, 0.6) is 11.5 Å². The van der Waals surface area contributed by atoms with Crippen molar-refractivity contribution in [2.24, 2.45) is 0 Å². The zero-order chi connectivity index (χ0) is 30.2. The second kappa shape index (κ2) is 10.0. The summed E-state index contributed by atoms with van der Waals surface area (Å²) < 4.78 is 9.14. The van der Waals surface area contributed by atoms with Gasteiger partial charge in [0.05, 0.1) is 11.0 Å². The molecule has 0 spiro atoms. The number of hydrogen-bond donors (Lipinski definition) is 0. The first-order valence-electron chi connectivity index (χ1n) is 15.7. The van der Waals surface area contributed by atoms with Gasteiger partial charge in [0.1, 0.15) is 11.5 Å². The first-order chi connectivity index (χ1) is 22.8. The molecular formula is C42H26BNOS. The van der Waals surface area contributed by atoms with Crippen LogP contribution in [-0.4, -0.2) is 10.6 Å². The lowest BCUT2D eigenvalue weighted by molar-refractivity contribution is 0.488. The third-order valence-corrected chi connectivity index (χ3v) is 10.8. The lowest BCUT2D eigenvalue weighted by Crippen LogP contribution is -2.46. The van der Waals surface area contributed by atoms with Gasteiger partial charge in [-0.1, -0.05) is 109 Å². The Hall–Kier alpha value is -5.45. The second-order valence-electron chi connectivity index (χ2n) is 12.1. The maximum Gasteiger partial charge on any atom is 0.289 e. The van der Waals surface area contributed by atoms with Crippen molar-refractivity contribution in [2.75, 3.05) is 0 Å². The van der Waals surface area contributed by atoms with Crippen LogP contribution in [0.4, 0.5) is 0 Å². The molecule has 0 saturated heterocycles. The standard InChI is InChI=1S/C42H26BNOS/c1-2-11-27(12-3-1)30-24-35-34-17-6-9-20-41(34)46-43-36-25-29(21-22-39(36)45-40(26-30)42(35)43)28-13-10-14-31(23-28)44-37-18-7-4-15-32(37)33-16-5-8-19-38(33)44/h1-26H. The van der Waals surface area contributed by atoms with E-state index in [0.29, 0.717) is 0 Å². The van der Waals surface area contributed by atoms with E-state index in [9.17, 15) is 0 Å². The third kappa shape index (κ3) is 3.87. The van der Waals surface area contributed by atoms with Crippen LogP contribution >= 0.6 is 11.6 Å². The van der Waals surface area contributed by atoms with Gasteiger partial charge in [0.25, 0.3) is 5.99 Å². The number of ether oxygens (including phenoxy) is 1. The molecule has 1 aromatic heterocycles. The predicted octanol–water partition coefficient (Wildman–Crippen LogP) is 10.1. The van der Waals surface area contributed by atoms with Gasteiger partial charge in [-0.15, -0.1) is 0 Å². The monoisotopic (exact) mass is 603 g/mol. The number of fused-ring (bicyclic) bond motifs is 7. The fourth-order valence-corrected chi connectivity index (χ4v) is 8.76. The zero-order valence-corrected chi connectivity index (χ0v) is 25.7. The molecule has 2 aliphatic heterocycles. The third-order valence-electron chi connectivity index (χ3n) is 9.46. The molecule has 3 heterocycles. The molecule has 0 N–H and O–H groups in total. The van der Waals surface area contributed by atoms with E-state index in [0.717, 1.165) is 17.2 Å². The first kappa shape index (κ1) is 25.8. The summed E-state index contributed by atoms with van der Waals surface area (Å²) in [6.07, 6.45) is 0. The molecule has 0 saturated carbocycles. The van der Waals surface area contributed by atoms with E-state index in [1.807, 2.05) is 11.6 Å². The Morgan fingerprint density at radius 2 is 1.17 bits per heavy atom. The number of hydrogen-bond acceptors (Lipinski definition) is 2. The topological polar surface area (TPSA) is 14.2 Å². The van der Waals surface area contributed by atoms with Gasteiger partial charge >= 0.3 is 0 Å². The van der Waals surface area contributed by atoms with Crippen LogP contribution in [0.2, 0.25) is 0 Å². The fraction of sp³-hybridized carbons (Fsp3) is 0. The summed E-state index contributed by atoms with van der Waals surface area (Å²) >= 11 is 1.93. The summed E-state index contributed by atoms with van der Waals surface area (Å²) in [6.45, 7) is 0. The van der Waals surface area contributed by atoms with Crippen LogP contribution in [0, 0.1) is 0 Å². The van der Waals surface area contributed by atoms with E-state index in [2.05, 4.69) is 162 Å². The summed E-state index contributed by atoms with van der Waals surface area (Å²) in [5.74, 6) is 2.04. The molecule has 2 nitrogen and oxygen atoms in total. The van der Waals surface area contributed by atoms with E-state index in [1.54, 1.807) is 0 Å². The molecule has 10 rings (SSSR count). The van der Waals surface area contributed by atoms with Gasteiger partial charge in [0, 0.05) is 21.4 Å². The van der Waals surface area contributed by atoms with E-state index in [4.69, 9.17) is 4.74 Å². The van der Waals surface area contributed by atoms with Crippen LogP contribution in [0.25, 0.3) is 60.9 Å². The van der Waals surface area contributed by atoms with Crippen molar-refractivity contribution < 1.29 is 4.74 Å². The molecule has 0 atom stereocenters. The molecule has 0 bridgehead atoms. The van der Waals surface area contributed by atoms with Gasteiger partial charge in [0.2, 0.25) is 0 Å². The largest absolute Gasteiger partial charge is 0.458 e. The van der Waals surface area contributed by atoms with Crippen molar-refractivity contribution in [2.45, 2.75) is 4.90 Å². The Balaban J connectivity index is 1.12. The molecule has 2 aliphatic rings. The van der Waals surface area contributed by atoms with E-state index in [-0.39, 0.29) is 5.99 Å². The molecule has 7 aromatic carbocycles. The average molecular weight is 604 g/mol. The van der Waals surface area contributed by atoms with Gasteiger partial charge in [-0.2, -0.15) is 11.6 Å². The van der Waals surface area contributed by atoms with Crippen molar-refractivity contribution >= 4 is 50.3 Å². The van der Waals surface area contributed by atoms with Crippen molar-refractivity contribution in [3.63, 3.8) is 0 Å². The number of aromatic nitrogens is 1. The van der Waals surface area contributed by atoms with Gasteiger partial charge < -0.3 is 9.30 Å². The van der Waals surface area contributed by atoms with Crippen LogP contribution < -0.4 is 15.7 Å². The summed E-state index contributed by atoms with van der Waals surface area (Å²) in [5.41, 5.74) is 13.4. The number of para-hydroxylation sites is 2. The maximum atomic E-state index is 6.75. The maximum absolute atomic E-state index is 6.75. The molecule has 214 valence electrons. The molecule has 0 aliphatic carbocycles. The van der Waals surface area contributed by atoms with Gasteiger partial charge in [0.15, 0.2) is 0 Å². The minimum Gasteiger partial charge on any atom is -0.458 e. The minimum atomic E-state index is 0.147. The van der Waals surface area contributed by atoms with Gasteiger partial charge in [-0.25, -0.2) is 0 Å². The highest BCUT2D eigenvalue weighted by Crippen LogP contribution is 2.45. The Morgan fingerprint density at radius 3 is 2.00 bits per heavy atom. The summed E-state index contributed by atoms with van der Waals surface area (Å²) in [7, 11) is 0. The van der Waals surface area contributed by atoms with Gasteiger partial charge in [-0.05, 0) is 92.8 Å². The summed E-state index contributed by atoms with van der Waals surface area (Å²) in [6, 6.07) is 57.0. The highest BCUT2D eigenvalue weighted by Gasteiger charge is 2.38. The van der Waals surface area contributed by atoms with Crippen LogP contribution in [0.1, 0.15) is 0 Å². The highest BCUT2D eigenvalue weighted by molar-refractivity contribution is 8.28. The molecule has 0 amide bonds. The van der Waals surface area contributed by atoms with Gasteiger partial charge in [-0.3, -0.25) is 0 Å². The Bertz CT molecular complexity index is 2450. The minimum absolute atomic E-state index is 0.147. The van der Waals surface area contributed by atoms with E-state index in [1.165, 1.54) is 71.0 Å². The van der Waals surface area contributed by atoms with Crippen molar-refractivity contribution in [1.82, 2.24) is 4.57 Å². The van der Waals surface area contributed by atoms with Crippen LogP contribution in [0.15, 0.2) is 163 Å². The molecule has 8 aromatic rings. The van der Waals surface area contributed by atoms with E-state index >= 15 is 0 Å². The van der Waals surface area contributed by atoms with Crippen LogP contribution in [0.3, 0.4) is 0 Å². The lowest BCUT2D eigenvalue weighted by atomic mass is 9.57. The van der Waals surface area contributed by atoms with Crippen molar-refractivity contribution in [3.05, 3.63) is 158 Å². The molecule has 0 unspecified atom stereocenters. The number of nitrogens with zero attached hydrogens (tertiary/aromatic N) is 1. The predicted molar refractivity (Wildman–Crippen MR) is 194 cm³/mol. The van der Waals surface area contributed by atoms with Crippen molar-refractivity contribution in [3.8, 4) is 50.6 Å². The molecule has 4 heteroatoms. The molecule has 0 radical (unpaired) electrons. The smallest absolute Gasteiger partial charge is 0.289 e. The first-order valence-corrected chi connectivity index (χ1v) is 16.6. The molecule has 46 heavy (non-hydrogen) atoms. The Kier molecular flexibility index (Phi) is 5.64. The normalized spacial score (nSPS) is 12.8. The Labute approximate surface area is 271 Å².